The number of hydrogen-bond acceptors (Lipinski definition) is 6. The van der Waals surface area contributed by atoms with E-state index in [1.807, 2.05) is 19.0 Å². The molecule has 1 N–H and O–H groups in total. The second-order valence-corrected chi connectivity index (χ2v) is 5.07. The molecule has 1 aliphatic rings. The molecule has 0 saturated carbocycles. The first kappa shape index (κ1) is 11.8. The van der Waals surface area contributed by atoms with Crippen molar-refractivity contribution in [1.82, 2.24) is 14.3 Å². The zero-order valence-electron chi connectivity index (χ0n) is 9.76. The number of likely N-dealkylation sites (tertiary alicyclic amines) is 1. The van der Waals surface area contributed by atoms with Gasteiger partial charge in [0.1, 0.15) is 0 Å². The van der Waals surface area contributed by atoms with E-state index < -0.39 is 0 Å². The van der Waals surface area contributed by atoms with Gasteiger partial charge >= 0.3 is 0 Å². The maximum atomic E-state index is 9.22. The molecule has 0 bridgehead atoms. The van der Waals surface area contributed by atoms with Crippen molar-refractivity contribution in [2.75, 3.05) is 32.1 Å². The lowest BCUT2D eigenvalue weighted by Gasteiger charge is -2.20. The van der Waals surface area contributed by atoms with Crippen LogP contribution in [0.25, 0.3) is 0 Å². The van der Waals surface area contributed by atoms with Crippen LogP contribution < -0.4 is 4.90 Å². The SMILES string of the molecule is CN(C)c1nc(CN2CCC[C@@H]2CO)ns1. The molecule has 90 valence electrons. The molecule has 2 rings (SSSR count). The Morgan fingerprint density at radius 2 is 2.38 bits per heavy atom. The molecule has 1 atom stereocenters. The van der Waals surface area contributed by atoms with Gasteiger partial charge in [0, 0.05) is 31.7 Å². The largest absolute Gasteiger partial charge is 0.395 e. The lowest BCUT2D eigenvalue weighted by atomic mass is 10.2. The second-order valence-electron chi connectivity index (χ2n) is 4.34. The van der Waals surface area contributed by atoms with Gasteiger partial charge in [-0.15, -0.1) is 0 Å². The van der Waals surface area contributed by atoms with Crippen molar-refractivity contribution in [3.8, 4) is 0 Å². The number of aliphatic hydroxyl groups excluding tert-OH is 1. The Morgan fingerprint density at radius 3 is 3.00 bits per heavy atom. The van der Waals surface area contributed by atoms with Gasteiger partial charge in [-0.2, -0.15) is 4.37 Å². The van der Waals surface area contributed by atoms with Gasteiger partial charge in [0.15, 0.2) is 5.82 Å². The highest BCUT2D eigenvalue weighted by Crippen LogP contribution is 2.20. The predicted molar refractivity (Wildman–Crippen MR) is 64.8 cm³/mol. The minimum Gasteiger partial charge on any atom is -0.395 e. The average molecular weight is 242 g/mol. The van der Waals surface area contributed by atoms with Gasteiger partial charge < -0.3 is 10.0 Å². The smallest absolute Gasteiger partial charge is 0.204 e. The van der Waals surface area contributed by atoms with E-state index in [4.69, 9.17) is 0 Å². The van der Waals surface area contributed by atoms with Gasteiger partial charge in [-0.25, -0.2) is 4.98 Å². The molecular weight excluding hydrogens is 224 g/mol. The van der Waals surface area contributed by atoms with Gasteiger partial charge in [0.05, 0.1) is 13.2 Å². The topological polar surface area (TPSA) is 52.5 Å². The summed E-state index contributed by atoms with van der Waals surface area (Å²) in [4.78, 5) is 8.68. The summed E-state index contributed by atoms with van der Waals surface area (Å²) in [5.41, 5.74) is 0. The Bertz CT molecular complexity index is 341. The Hall–Kier alpha value is -0.720. The second kappa shape index (κ2) is 5.07. The Kier molecular flexibility index (Phi) is 3.73. The fraction of sp³-hybridized carbons (Fsp3) is 0.800. The number of anilines is 1. The van der Waals surface area contributed by atoms with Crippen LogP contribution in [0.15, 0.2) is 0 Å². The maximum Gasteiger partial charge on any atom is 0.204 e. The molecule has 0 spiro atoms. The number of nitrogens with zero attached hydrogens (tertiary/aromatic N) is 4. The van der Waals surface area contributed by atoms with Crippen molar-refractivity contribution >= 4 is 16.7 Å². The third kappa shape index (κ3) is 2.50. The number of aliphatic hydroxyl groups is 1. The Balaban J connectivity index is 1.97. The van der Waals surface area contributed by atoms with Crippen molar-refractivity contribution in [2.24, 2.45) is 0 Å². The van der Waals surface area contributed by atoms with E-state index in [0.29, 0.717) is 6.04 Å². The van der Waals surface area contributed by atoms with Gasteiger partial charge in [0.2, 0.25) is 5.13 Å². The van der Waals surface area contributed by atoms with Crippen LogP contribution in [0.2, 0.25) is 0 Å². The summed E-state index contributed by atoms with van der Waals surface area (Å²) in [6, 6.07) is 0.298. The first-order valence-corrected chi connectivity index (χ1v) is 6.33. The highest BCUT2D eigenvalue weighted by atomic mass is 32.1. The van der Waals surface area contributed by atoms with Crippen molar-refractivity contribution in [2.45, 2.75) is 25.4 Å². The van der Waals surface area contributed by atoms with Crippen LogP contribution >= 0.6 is 11.5 Å². The highest BCUT2D eigenvalue weighted by Gasteiger charge is 2.24. The van der Waals surface area contributed by atoms with Crippen LogP contribution in [-0.4, -0.2) is 52.7 Å². The molecule has 1 fully saturated rings. The molecule has 1 aromatic heterocycles. The van der Waals surface area contributed by atoms with E-state index in [9.17, 15) is 5.11 Å². The maximum absolute atomic E-state index is 9.22. The molecular formula is C10H18N4OS. The van der Waals surface area contributed by atoms with Gasteiger partial charge in [-0.05, 0) is 19.4 Å². The molecule has 16 heavy (non-hydrogen) atoms. The van der Waals surface area contributed by atoms with E-state index in [1.54, 1.807) is 0 Å². The Morgan fingerprint density at radius 1 is 1.56 bits per heavy atom. The van der Waals surface area contributed by atoms with E-state index in [-0.39, 0.29) is 6.61 Å². The van der Waals surface area contributed by atoms with Crippen LogP contribution in [0, 0.1) is 0 Å². The van der Waals surface area contributed by atoms with E-state index in [0.717, 1.165) is 36.9 Å². The Labute approximate surface area is 99.9 Å². The van der Waals surface area contributed by atoms with E-state index in [1.165, 1.54) is 11.5 Å². The summed E-state index contributed by atoms with van der Waals surface area (Å²) >= 11 is 1.43. The summed E-state index contributed by atoms with van der Waals surface area (Å²) in [7, 11) is 3.94. The van der Waals surface area contributed by atoms with Gasteiger partial charge in [-0.3, -0.25) is 4.90 Å². The van der Waals surface area contributed by atoms with Crippen LogP contribution in [0.1, 0.15) is 18.7 Å². The minimum atomic E-state index is 0.241. The molecule has 0 radical (unpaired) electrons. The number of aromatic nitrogens is 2. The monoisotopic (exact) mass is 242 g/mol. The first-order chi connectivity index (χ1) is 7.70. The van der Waals surface area contributed by atoms with Crippen LogP contribution in [-0.2, 0) is 6.54 Å². The molecule has 1 saturated heterocycles. The standard InChI is InChI=1S/C10H18N4OS/c1-13(2)10-11-9(12-16-10)6-14-5-3-4-8(14)7-15/h8,15H,3-7H2,1-2H3/t8-/m1/s1. The lowest BCUT2D eigenvalue weighted by molar-refractivity contribution is 0.151. The number of hydrogen-bond donors (Lipinski definition) is 1. The molecule has 6 heteroatoms. The molecule has 0 aromatic carbocycles. The summed E-state index contributed by atoms with van der Waals surface area (Å²) < 4.78 is 4.34. The van der Waals surface area contributed by atoms with Gasteiger partial charge in [0.25, 0.3) is 0 Å². The summed E-state index contributed by atoms with van der Waals surface area (Å²) in [5, 5.41) is 10.2. The molecule has 0 amide bonds. The molecule has 5 nitrogen and oxygen atoms in total. The van der Waals surface area contributed by atoms with Crippen LogP contribution in [0.4, 0.5) is 5.13 Å². The third-order valence-electron chi connectivity index (χ3n) is 2.89. The van der Waals surface area contributed by atoms with Crippen molar-refractivity contribution < 1.29 is 5.11 Å². The molecule has 1 aliphatic heterocycles. The fourth-order valence-corrected chi connectivity index (χ4v) is 2.58. The first-order valence-electron chi connectivity index (χ1n) is 5.55. The highest BCUT2D eigenvalue weighted by molar-refractivity contribution is 7.09. The number of rotatable bonds is 4. The molecule has 0 aliphatic carbocycles. The zero-order chi connectivity index (χ0) is 11.5. The molecule has 2 heterocycles. The van der Waals surface area contributed by atoms with Crippen LogP contribution in [0.3, 0.4) is 0 Å². The van der Waals surface area contributed by atoms with E-state index in [2.05, 4.69) is 14.3 Å². The van der Waals surface area contributed by atoms with Crippen LogP contribution in [0.5, 0.6) is 0 Å². The predicted octanol–water partition coefficient (Wildman–Crippen LogP) is 0.561. The summed E-state index contributed by atoms with van der Waals surface area (Å²) in [6.45, 7) is 2.04. The molecule has 0 unspecified atom stereocenters. The third-order valence-corrected chi connectivity index (χ3v) is 3.82. The van der Waals surface area contributed by atoms with Crippen molar-refractivity contribution in [3.63, 3.8) is 0 Å². The van der Waals surface area contributed by atoms with Gasteiger partial charge in [-0.1, -0.05) is 0 Å². The van der Waals surface area contributed by atoms with E-state index >= 15 is 0 Å². The zero-order valence-corrected chi connectivity index (χ0v) is 10.6. The normalized spacial score (nSPS) is 21.6. The minimum absolute atomic E-state index is 0.241. The summed E-state index contributed by atoms with van der Waals surface area (Å²) in [6.07, 6.45) is 2.25. The summed E-state index contributed by atoms with van der Waals surface area (Å²) in [5.74, 6) is 0.869. The lowest BCUT2D eigenvalue weighted by Crippen LogP contribution is -2.32. The molecule has 1 aromatic rings. The van der Waals surface area contributed by atoms with Crippen molar-refractivity contribution in [1.29, 1.82) is 0 Å². The quantitative estimate of drug-likeness (QED) is 0.836. The fourth-order valence-electron chi connectivity index (χ4n) is 1.98. The average Bonchev–Trinajstić information content (AvgIpc) is 2.87. The van der Waals surface area contributed by atoms with Crippen molar-refractivity contribution in [3.05, 3.63) is 5.82 Å².